The molecule has 1 aromatic heterocycles. The van der Waals surface area contributed by atoms with Crippen LogP contribution >= 0.6 is 11.6 Å². The van der Waals surface area contributed by atoms with Crippen LogP contribution < -0.4 is 10.9 Å². The molecule has 1 heterocycles. The number of aromatic nitrogens is 1. The largest absolute Gasteiger partial charge is 0.494 e. The van der Waals surface area contributed by atoms with Gasteiger partial charge in [0.15, 0.2) is 0 Å². The third-order valence-electron chi connectivity index (χ3n) is 3.34. The zero-order valence-electron chi connectivity index (χ0n) is 12.8. The van der Waals surface area contributed by atoms with Gasteiger partial charge in [-0.3, -0.25) is 9.78 Å². The maximum atomic E-state index is 11.9. The molecule has 0 aliphatic rings. The van der Waals surface area contributed by atoms with Crippen LogP contribution in [0.25, 0.3) is 0 Å². The number of rotatable bonds is 2. The summed E-state index contributed by atoms with van der Waals surface area (Å²) >= 11 is 5.97. The normalized spacial score (nSPS) is 10.6. The van der Waals surface area contributed by atoms with Gasteiger partial charge in [-0.15, -0.1) is 0 Å². The van der Waals surface area contributed by atoms with Crippen molar-refractivity contribution in [3.63, 3.8) is 0 Å². The summed E-state index contributed by atoms with van der Waals surface area (Å²) in [5.41, 5.74) is 0.796. The van der Waals surface area contributed by atoms with Crippen LogP contribution in [-0.2, 0) is 0 Å². The monoisotopic (exact) mass is 344 g/mol. The minimum atomic E-state index is -0.705. The van der Waals surface area contributed by atoms with E-state index in [0.29, 0.717) is 10.7 Å². The van der Waals surface area contributed by atoms with Crippen molar-refractivity contribution in [2.24, 2.45) is 4.99 Å². The first kappa shape index (κ1) is 17.2. The lowest BCUT2D eigenvalue weighted by Gasteiger charge is -2.05. The average Bonchev–Trinajstić information content (AvgIpc) is 2.51. The van der Waals surface area contributed by atoms with Crippen LogP contribution in [0.1, 0.15) is 22.3 Å². The van der Waals surface area contributed by atoms with E-state index in [4.69, 9.17) is 16.9 Å². The number of aromatic amines is 1. The summed E-state index contributed by atoms with van der Waals surface area (Å²) in [5.74, 6) is -0.466. The maximum Gasteiger partial charge on any atom is 0.345 e. The molecule has 0 saturated heterocycles. The number of amides is 2. The van der Waals surface area contributed by atoms with Crippen molar-refractivity contribution < 1.29 is 9.90 Å². The number of pyridine rings is 1. The second kappa shape index (κ2) is 6.98. The van der Waals surface area contributed by atoms with Crippen molar-refractivity contribution in [1.29, 1.82) is 5.26 Å². The molecule has 0 aliphatic carbocycles. The quantitative estimate of drug-likeness (QED) is 0.726. The molecule has 8 heteroatoms. The number of hydrogen-bond acceptors (Lipinski definition) is 4. The van der Waals surface area contributed by atoms with E-state index in [1.54, 1.807) is 24.3 Å². The highest BCUT2D eigenvalue weighted by Crippen LogP contribution is 2.20. The van der Waals surface area contributed by atoms with Crippen molar-refractivity contribution in [1.82, 2.24) is 4.98 Å². The number of aryl methyl sites for hydroxylation is 1. The molecule has 0 atom stereocenters. The molecule has 0 unspecified atom stereocenters. The average molecular weight is 345 g/mol. The van der Waals surface area contributed by atoms with E-state index < -0.39 is 17.5 Å². The Morgan fingerprint density at radius 1 is 1.46 bits per heavy atom. The number of anilines is 1. The summed E-state index contributed by atoms with van der Waals surface area (Å²) in [5, 5.41) is 21.7. The third kappa shape index (κ3) is 3.62. The third-order valence-corrected chi connectivity index (χ3v) is 3.75. The standard InChI is InChI=1S/C16H13ClN4O3/c1-8-3-4-10(5-13(8)17)20-16(24)19-7-12-9(2)11(6-18)14(22)21-15(12)23/h3-5,7H,1-2H3,(H,20,24)(H2,21,22,23)/b19-7+. The molecule has 0 saturated carbocycles. The van der Waals surface area contributed by atoms with Crippen molar-refractivity contribution in [3.05, 3.63) is 55.8 Å². The van der Waals surface area contributed by atoms with Crippen LogP contribution in [0.4, 0.5) is 10.5 Å². The van der Waals surface area contributed by atoms with Gasteiger partial charge in [-0.1, -0.05) is 17.7 Å². The number of halogens is 1. The molecule has 0 fully saturated rings. The molecule has 2 rings (SSSR count). The van der Waals surface area contributed by atoms with Gasteiger partial charge in [-0.2, -0.15) is 5.26 Å². The lowest BCUT2D eigenvalue weighted by Crippen LogP contribution is -2.14. The highest BCUT2D eigenvalue weighted by atomic mass is 35.5. The Hall–Kier alpha value is -3.11. The van der Waals surface area contributed by atoms with Gasteiger partial charge < -0.3 is 10.4 Å². The summed E-state index contributed by atoms with van der Waals surface area (Å²) in [7, 11) is 0. The second-order valence-electron chi connectivity index (χ2n) is 4.98. The Morgan fingerprint density at radius 2 is 2.17 bits per heavy atom. The van der Waals surface area contributed by atoms with Gasteiger partial charge in [0.25, 0.3) is 5.56 Å². The number of hydrogen-bond donors (Lipinski definition) is 3. The minimum Gasteiger partial charge on any atom is -0.494 e. The van der Waals surface area contributed by atoms with Crippen molar-refractivity contribution in [3.8, 4) is 11.9 Å². The number of carbonyl (C=O) groups excluding carboxylic acids is 1. The molecule has 122 valence electrons. The van der Waals surface area contributed by atoms with Crippen LogP contribution in [0.2, 0.25) is 5.02 Å². The Kier molecular flexibility index (Phi) is 5.02. The van der Waals surface area contributed by atoms with E-state index in [0.717, 1.165) is 11.8 Å². The van der Waals surface area contributed by atoms with E-state index in [1.807, 2.05) is 6.92 Å². The summed E-state index contributed by atoms with van der Waals surface area (Å²) in [4.78, 5) is 29.1. The van der Waals surface area contributed by atoms with Crippen LogP contribution in [-0.4, -0.2) is 22.3 Å². The predicted octanol–water partition coefficient (Wildman–Crippen LogP) is 2.87. The summed E-state index contributed by atoms with van der Waals surface area (Å²) in [6.07, 6.45) is 1.08. The first-order valence-electron chi connectivity index (χ1n) is 6.80. The molecule has 0 radical (unpaired) electrons. The molecular weight excluding hydrogens is 332 g/mol. The van der Waals surface area contributed by atoms with E-state index in [1.165, 1.54) is 6.92 Å². The minimum absolute atomic E-state index is 0.0863. The topological polar surface area (TPSA) is 118 Å². The lowest BCUT2D eigenvalue weighted by molar-refractivity contribution is 0.259. The molecule has 3 N–H and O–H groups in total. The number of nitriles is 1. The van der Waals surface area contributed by atoms with Gasteiger partial charge in [-0.05, 0) is 37.1 Å². The highest BCUT2D eigenvalue weighted by Gasteiger charge is 2.12. The van der Waals surface area contributed by atoms with E-state index in [9.17, 15) is 14.7 Å². The fourth-order valence-corrected chi connectivity index (χ4v) is 2.14. The van der Waals surface area contributed by atoms with Crippen LogP contribution in [0.3, 0.4) is 0 Å². The highest BCUT2D eigenvalue weighted by molar-refractivity contribution is 6.31. The van der Waals surface area contributed by atoms with Gasteiger partial charge in [0.05, 0.1) is 5.56 Å². The number of benzene rings is 1. The molecule has 2 amide bonds. The number of carbonyl (C=O) groups is 1. The van der Waals surface area contributed by atoms with Crippen LogP contribution in [0.15, 0.2) is 28.0 Å². The summed E-state index contributed by atoms with van der Waals surface area (Å²) in [6, 6.07) is 6.05. The van der Waals surface area contributed by atoms with Gasteiger partial charge in [-0.25, -0.2) is 9.79 Å². The molecule has 1 aromatic carbocycles. The predicted molar refractivity (Wildman–Crippen MR) is 91.0 cm³/mol. The second-order valence-corrected chi connectivity index (χ2v) is 5.39. The number of aromatic hydroxyl groups is 1. The Bertz CT molecular complexity index is 942. The van der Waals surface area contributed by atoms with Gasteiger partial charge in [0.2, 0.25) is 5.88 Å². The number of nitrogens with one attached hydrogen (secondary N) is 2. The molecule has 2 aromatic rings. The number of urea groups is 1. The SMILES string of the molecule is Cc1ccc(NC(=O)/N=C/c2c(O)[nH]c(=O)c(C#N)c2C)cc1Cl. The van der Waals surface area contributed by atoms with E-state index >= 15 is 0 Å². The Labute approximate surface area is 142 Å². The Balaban J connectivity index is 2.25. The van der Waals surface area contributed by atoms with Crippen molar-refractivity contribution in [2.45, 2.75) is 13.8 Å². The first-order chi connectivity index (χ1) is 11.3. The lowest BCUT2D eigenvalue weighted by atomic mass is 10.1. The van der Waals surface area contributed by atoms with Gasteiger partial charge in [0, 0.05) is 16.9 Å². The number of nitrogens with zero attached hydrogens (tertiary/aromatic N) is 2. The molecule has 24 heavy (non-hydrogen) atoms. The van der Waals surface area contributed by atoms with Crippen molar-refractivity contribution >= 4 is 29.5 Å². The fraction of sp³-hybridized carbons (Fsp3) is 0.125. The molecule has 7 nitrogen and oxygen atoms in total. The fourth-order valence-electron chi connectivity index (χ4n) is 1.96. The van der Waals surface area contributed by atoms with E-state index in [2.05, 4.69) is 15.3 Å². The van der Waals surface area contributed by atoms with Crippen LogP contribution in [0, 0.1) is 25.2 Å². The first-order valence-corrected chi connectivity index (χ1v) is 7.18. The smallest absolute Gasteiger partial charge is 0.345 e. The zero-order valence-corrected chi connectivity index (χ0v) is 13.6. The maximum absolute atomic E-state index is 11.9. The van der Waals surface area contributed by atoms with Crippen LogP contribution in [0.5, 0.6) is 5.88 Å². The molecule has 0 bridgehead atoms. The number of H-pyrrole nitrogens is 1. The zero-order chi connectivity index (χ0) is 17.9. The molecule has 0 spiro atoms. The number of aliphatic imine (C=N–C) groups is 1. The van der Waals surface area contributed by atoms with E-state index in [-0.39, 0.29) is 16.7 Å². The summed E-state index contributed by atoms with van der Waals surface area (Å²) < 4.78 is 0. The molecular formula is C16H13ClN4O3. The summed E-state index contributed by atoms with van der Waals surface area (Å²) in [6.45, 7) is 3.31. The molecule has 0 aliphatic heterocycles. The van der Waals surface area contributed by atoms with Gasteiger partial charge in [0.1, 0.15) is 11.6 Å². The Morgan fingerprint density at radius 3 is 2.79 bits per heavy atom. The van der Waals surface area contributed by atoms with Gasteiger partial charge >= 0.3 is 6.03 Å². The van der Waals surface area contributed by atoms with Crippen molar-refractivity contribution in [2.75, 3.05) is 5.32 Å².